The summed E-state index contributed by atoms with van der Waals surface area (Å²) in [5, 5.41) is 10.9. The van der Waals surface area contributed by atoms with Gasteiger partial charge in [-0.1, -0.05) is 24.3 Å². The molecule has 0 saturated carbocycles. The Kier molecular flexibility index (Phi) is 9.53. The molecule has 0 aliphatic heterocycles. The number of benzene rings is 1. The third-order valence-electron chi connectivity index (χ3n) is 3.86. The summed E-state index contributed by atoms with van der Waals surface area (Å²) in [7, 11) is 1.58. The average Bonchev–Trinajstić information content (AvgIpc) is 2.67. The number of hydrogen-bond donors (Lipinski definition) is 1. The van der Waals surface area contributed by atoms with Gasteiger partial charge in [0.25, 0.3) is 5.60 Å². The number of hydrogen-bond acceptors (Lipinski definition) is 7. The number of carbonyl (C=O) groups is 2. The van der Waals surface area contributed by atoms with E-state index in [1.165, 1.54) is 6.08 Å². The molecule has 0 aromatic heterocycles. The lowest BCUT2D eigenvalue weighted by atomic mass is 9.87. The van der Waals surface area contributed by atoms with Crippen molar-refractivity contribution in [3.63, 3.8) is 0 Å². The lowest BCUT2D eigenvalue weighted by Crippen LogP contribution is -2.55. The molecule has 7 heteroatoms. The van der Waals surface area contributed by atoms with E-state index in [0.29, 0.717) is 0 Å². The Labute approximate surface area is 159 Å². The Balaban J connectivity index is 2.92. The highest BCUT2D eigenvalue weighted by Crippen LogP contribution is 2.25. The van der Waals surface area contributed by atoms with Crippen LogP contribution < -0.4 is 4.74 Å². The second kappa shape index (κ2) is 11.4. The maximum absolute atomic E-state index is 12.3. The van der Waals surface area contributed by atoms with Crippen LogP contribution in [0.3, 0.4) is 0 Å². The van der Waals surface area contributed by atoms with Crippen LogP contribution in [0, 0.1) is 5.92 Å². The van der Waals surface area contributed by atoms with E-state index < -0.39 is 23.5 Å². The predicted octanol–water partition coefficient (Wildman–Crippen LogP) is 2.26. The zero-order valence-corrected chi connectivity index (χ0v) is 16.3. The van der Waals surface area contributed by atoms with Crippen molar-refractivity contribution in [1.82, 2.24) is 0 Å². The summed E-state index contributed by atoms with van der Waals surface area (Å²) in [6.45, 7) is 5.10. The fourth-order valence-electron chi connectivity index (χ4n) is 2.44. The van der Waals surface area contributed by atoms with Crippen LogP contribution >= 0.6 is 0 Å². The number of ether oxygens (including phenoxy) is 4. The summed E-state index contributed by atoms with van der Waals surface area (Å²) < 4.78 is 20.5. The molecule has 1 N–H and O–H groups in total. The van der Waals surface area contributed by atoms with Crippen LogP contribution in [0.2, 0.25) is 0 Å². The van der Waals surface area contributed by atoms with Crippen LogP contribution in [-0.2, 0) is 30.4 Å². The van der Waals surface area contributed by atoms with Crippen LogP contribution in [0.25, 0.3) is 0 Å². The summed E-state index contributed by atoms with van der Waals surface area (Å²) in [6.07, 6.45) is 3.16. The van der Waals surface area contributed by atoms with E-state index in [-0.39, 0.29) is 26.4 Å². The molecule has 0 aliphatic rings. The summed E-state index contributed by atoms with van der Waals surface area (Å²) >= 11 is 0. The SMILES string of the molecule is C/C=C/[C@H](COCc1ccc(OC)cc1)C(O)(C(=O)OCC)C(=O)OCC. The normalized spacial score (nSPS) is 12.6. The van der Waals surface area contributed by atoms with Crippen molar-refractivity contribution < 1.29 is 33.6 Å². The highest BCUT2D eigenvalue weighted by molar-refractivity contribution is 6.04. The molecule has 27 heavy (non-hydrogen) atoms. The van der Waals surface area contributed by atoms with E-state index in [9.17, 15) is 14.7 Å². The molecule has 0 unspecified atom stereocenters. The van der Waals surface area contributed by atoms with Crippen LogP contribution in [-0.4, -0.2) is 49.6 Å². The smallest absolute Gasteiger partial charge is 0.350 e. The van der Waals surface area contributed by atoms with Gasteiger partial charge in [-0.05, 0) is 38.5 Å². The summed E-state index contributed by atoms with van der Waals surface area (Å²) in [6, 6.07) is 7.28. The quantitative estimate of drug-likeness (QED) is 0.358. The maximum Gasteiger partial charge on any atom is 0.350 e. The van der Waals surface area contributed by atoms with Crippen LogP contribution in [0.15, 0.2) is 36.4 Å². The number of methoxy groups -OCH3 is 1. The zero-order chi connectivity index (χ0) is 20.3. The van der Waals surface area contributed by atoms with E-state index in [4.69, 9.17) is 18.9 Å². The fourth-order valence-corrected chi connectivity index (χ4v) is 2.44. The first-order valence-electron chi connectivity index (χ1n) is 8.84. The lowest BCUT2D eigenvalue weighted by Gasteiger charge is -2.29. The molecule has 0 spiro atoms. The molecule has 0 amide bonds. The monoisotopic (exact) mass is 380 g/mol. The molecule has 0 radical (unpaired) electrons. The van der Waals surface area contributed by atoms with Crippen molar-refractivity contribution in [1.29, 1.82) is 0 Å². The Bertz CT molecular complexity index is 604. The zero-order valence-electron chi connectivity index (χ0n) is 16.3. The molecule has 1 aromatic carbocycles. The van der Waals surface area contributed by atoms with Gasteiger partial charge in [0.15, 0.2) is 0 Å². The molecular formula is C20H28O7. The van der Waals surface area contributed by atoms with Crippen molar-refractivity contribution in [2.24, 2.45) is 5.92 Å². The molecule has 7 nitrogen and oxygen atoms in total. The molecule has 1 aromatic rings. The van der Waals surface area contributed by atoms with Gasteiger partial charge in [0, 0.05) is 0 Å². The molecule has 0 heterocycles. The van der Waals surface area contributed by atoms with Crippen molar-refractivity contribution in [3.05, 3.63) is 42.0 Å². The largest absolute Gasteiger partial charge is 0.497 e. The molecular weight excluding hydrogens is 352 g/mol. The molecule has 150 valence electrons. The maximum atomic E-state index is 12.3. The second-order valence-electron chi connectivity index (χ2n) is 5.70. The minimum absolute atomic E-state index is 0.0236. The van der Waals surface area contributed by atoms with Gasteiger partial charge in [-0.25, -0.2) is 9.59 Å². The molecule has 0 aliphatic carbocycles. The molecule has 1 rings (SSSR count). The van der Waals surface area contributed by atoms with E-state index in [1.54, 1.807) is 46.1 Å². The van der Waals surface area contributed by atoms with Crippen LogP contribution in [0.5, 0.6) is 5.75 Å². The first kappa shape index (κ1) is 22.7. The molecule has 1 atom stereocenters. The molecule has 0 bridgehead atoms. The standard InChI is InChI=1S/C20H28O7/c1-5-8-16(14-25-13-15-9-11-17(24-4)12-10-15)20(23,18(21)26-6-2)19(22)27-7-3/h5,8-12,16,23H,6-7,13-14H2,1-4H3/b8-5+/t16-/m1/s1. The van der Waals surface area contributed by atoms with Crippen LogP contribution in [0.4, 0.5) is 0 Å². The second-order valence-corrected chi connectivity index (χ2v) is 5.70. The minimum atomic E-state index is -2.47. The van der Waals surface area contributed by atoms with E-state index in [1.807, 2.05) is 12.1 Å². The molecule has 0 fully saturated rings. The van der Waals surface area contributed by atoms with Crippen molar-refractivity contribution in [3.8, 4) is 5.75 Å². The number of esters is 2. The molecule has 0 saturated heterocycles. The summed E-state index contributed by atoms with van der Waals surface area (Å²) in [4.78, 5) is 24.6. The van der Waals surface area contributed by atoms with Crippen molar-refractivity contribution in [2.75, 3.05) is 26.9 Å². The van der Waals surface area contributed by atoms with E-state index >= 15 is 0 Å². The minimum Gasteiger partial charge on any atom is -0.497 e. The predicted molar refractivity (Wildman–Crippen MR) is 99.2 cm³/mol. The highest BCUT2D eigenvalue weighted by Gasteiger charge is 2.53. The number of rotatable bonds is 11. The van der Waals surface area contributed by atoms with E-state index in [0.717, 1.165) is 11.3 Å². The fraction of sp³-hybridized carbons (Fsp3) is 0.500. The van der Waals surface area contributed by atoms with Crippen LogP contribution in [0.1, 0.15) is 26.3 Å². The third kappa shape index (κ3) is 6.08. The number of allylic oxidation sites excluding steroid dienone is 1. The highest BCUT2D eigenvalue weighted by atomic mass is 16.6. The number of aliphatic hydroxyl groups is 1. The van der Waals surface area contributed by atoms with Gasteiger partial charge in [-0.2, -0.15) is 0 Å². The van der Waals surface area contributed by atoms with Gasteiger partial charge in [0.2, 0.25) is 0 Å². The Morgan fingerprint density at radius 2 is 1.67 bits per heavy atom. The Morgan fingerprint density at radius 3 is 2.11 bits per heavy atom. The summed E-state index contributed by atoms with van der Waals surface area (Å²) in [5.41, 5.74) is -1.59. The first-order valence-corrected chi connectivity index (χ1v) is 8.84. The van der Waals surface area contributed by atoms with E-state index in [2.05, 4.69) is 0 Å². The third-order valence-corrected chi connectivity index (χ3v) is 3.86. The lowest BCUT2D eigenvalue weighted by molar-refractivity contribution is -0.190. The average molecular weight is 380 g/mol. The van der Waals surface area contributed by atoms with Gasteiger partial charge in [0.05, 0.1) is 39.5 Å². The Morgan fingerprint density at radius 1 is 1.11 bits per heavy atom. The van der Waals surface area contributed by atoms with Gasteiger partial charge in [-0.3, -0.25) is 0 Å². The summed E-state index contributed by atoms with van der Waals surface area (Å²) in [5.74, 6) is -2.34. The first-order chi connectivity index (χ1) is 12.9. The van der Waals surface area contributed by atoms with Crippen molar-refractivity contribution in [2.45, 2.75) is 33.0 Å². The van der Waals surface area contributed by atoms with Gasteiger partial charge in [-0.15, -0.1) is 0 Å². The number of carbonyl (C=O) groups excluding carboxylic acids is 2. The Hall–Kier alpha value is -2.38. The van der Waals surface area contributed by atoms with Gasteiger partial charge < -0.3 is 24.1 Å². The topological polar surface area (TPSA) is 91.3 Å². The van der Waals surface area contributed by atoms with Gasteiger partial charge in [0.1, 0.15) is 5.75 Å². The van der Waals surface area contributed by atoms with Gasteiger partial charge >= 0.3 is 11.9 Å². The van der Waals surface area contributed by atoms with Crippen molar-refractivity contribution >= 4 is 11.9 Å².